The number of anilines is 1. The molecule has 0 spiro atoms. The van der Waals surface area contributed by atoms with Crippen molar-refractivity contribution in [3.05, 3.63) is 81.8 Å². The van der Waals surface area contributed by atoms with Gasteiger partial charge in [0.15, 0.2) is 0 Å². The normalized spacial score (nSPS) is 11.3. The molecule has 0 saturated carbocycles. The molecule has 0 aromatic heterocycles. The Labute approximate surface area is 186 Å². The summed E-state index contributed by atoms with van der Waals surface area (Å²) >= 11 is 11.6. The van der Waals surface area contributed by atoms with Crippen molar-refractivity contribution < 1.29 is 26.7 Å². The minimum atomic E-state index is -4.24. The van der Waals surface area contributed by atoms with Crippen molar-refractivity contribution in [3.63, 3.8) is 0 Å². The number of rotatable bonds is 6. The molecule has 162 valence electrons. The molecule has 11 heteroatoms. The van der Waals surface area contributed by atoms with Gasteiger partial charge >= 0.3 is 0 Å². The smallest absolute Gasteiger partial charge is 0.241 e. The average molecular weight is 487 g/mol. The number of carbonyl (C=O) groups is 1. The predicted octanol–water partition coefficient (Wildman–Crippen LogP) is 4.89. The quantitative estimate of drug-likeness (QED) is 0.484. The number of primary sulfonamides is 1. The van der Waals surface area contributed by atoms with Crippen LogP contribution in [0.5, 0.6) is 11.5 Å². The van der Waals surface area contributed by atoms with Gasteiger partial charge in [0.05, 0.1) is 11.4 Å². The lowest BCUT2D eigenvalue weighted by atomic mass is 10.1. The molecule has 1 amide bonds. The summed E-state index contributed by atoms with van der Waals surface area (Å²) in [6.45, 7) is 0. The van der Waals surface area contributed by atoms with E-state index >= 15 is 0 Å². The fourth-order valence-electron chi connectivity index (χ4n) is 2.65. The maximum absolute atomic E-state index is 13.9. The second-order valence-corrected chi connectivity index (χ2v) is 8.66. The summed E-state index contributed by atoms with van der Waals surface area (Å²) < 4.78 is 57.0. The Kier molecular flexibility index (Phi) is 6.80. The Balaban J connectivity index is 1.86. The van der Waals surface area contributed by atoms with Crippen molar-refractivity contribution in [1.29, 1.82) is 0 Å². The molecule has 3 rings (SSSR count). The topological polar surface area (TPSA) is 98.5 Å². The van der Waals surface area contributed by atoms with Gasteiger partial charge in [-0.15, -0.1) is 0 Å². The number of ether oxygens (including phenoxy) is 1. The number of sulfonamides is 1. The highest BCUT2D eigenvalue weighted by molar-refractivity contribution is 7.89. The predicted molar refractivity (Wildman–Crippen MR) is 113 cm³/mol. The van der Waals surface area contributed by atoms with Crippen LogP contribution in [-0.4, -0.2) is 14.3 Å². The molecular weight excluding hydrogens is 473 g/mol. The molecule has 6 nitrogen and oxygen atoms in total. The lowest BCUT2D eigenvalue weighted by Crippen LogP contribution is -2.17. The highest BCUT2D eigenvalue weighted by Crippen LogP contribution is 2.32. The Morgan fingerprint density at radius 1 is 1.03 bits per heavy atom. The highest BCUT2D eigenvalue weighted by atomic mass is 35.5. The summed E-state index contributed by atoms with van der Waals surface area (Å²) in [5.41, 5.74) is -0.285. The maximum Gasteiger partial charge on any atom is 0.241 e. The second-order valence-electron chi connectivity index (χ2n) is 6.31. The summed E-state index contributed by atoms with van der Waals surface area (Å²) in [5.74, 6) is -2.30. The number of benzene rings is 3. The molecule has 0 aliphatic heterocycles. The molecule has 0 fully saturated rings. The van der Waals surface area contributed by atoms with Gasteiger partial charge in [-0.25, -0.2) is 22.3 Å². The molecule has 0 bridgehead atoms. The first-order valence-electron chi connectivity index (χ1n) is 8.57. The number of halogens is 4. The molecule has 0 aliphatic rings. The zero-order chi connectivity index (χ0) is 22.8. The van der Waals surface area contributed by atoms with Gasteiger partial charge in [-0.2, -0.15) is 0 Å². The van der Waals surface area contributed by atoms with Gasteiger partial charge in [0.1, 0.15) is 28.0 Å². The van der Waals surface area contributed by atoms with E-state index in [9.17, 15) is 22.0 Å². The number of hydrogen-bond acceptors (Lipinski definition) is 4. The first-order chi connectivity index (χ1) is 14.5. The summed E-state index contributed by atoms with van der Waals surface area (Å²) in [6.07, 6.45) is -0.575. The zero-order valence-corrected chi connectivity index (χ0v) is 17.9. The number of nitrogens with one attached hydrogen (secondary N) is 1. The molecule has 0 saturated heterocycles. The summed E-state index contributed by atoms with van der Waals surface area (Å²) in [4.78, 5) is 11.9. The third-order valence-corrected chi connectivity index (χ3v) is 5.61. The van der Waals surface area contributed by atoms with Crippen LogP contribution >= 0.6 is 23.2 Å². The van der Waals surface area contributed by atoms with E-state index in [0.717, 1.165) is 18.2 Å². The van der Waals surface area contributed by atoms with E-state index < -0.39 is 43.9 Å². The Hall–Kier alpha value is -2.72. The van der Waals surface area contributed by atoms with Crippen molar-refractivity contribution in [1.82, 2.24) is 0 Å². The lowest BCUT2D eigenvalue weighted by Gasteiger charge is -2.13. The average Bonchev–Trinajstić information content (AvgIpc) is 2.69. The maximum atomic E-state index is 13.9. The van der Waals surface area contributed by atoms with Crippen molar-refractivity contribution in [2.24, 2.45) is 5.14 Å². The number of amides is 1. The first kappa shape index (κ1) is 23.0. The van der Waals surface area contributed by atoms with E-state index in [1.165, 1.54) is 18.2 Å². The van der Waals surface area contributed by atoms with Crippen LogP contribution < -0.4 is 15.2 Å². The number of hydrogen-bond donors (Lipinski definition) is 2. The Morgan fingerprint density at radius 3 is 2.42 bits per heavy atom. The minimum Gasteiger partial charge on any atom is -0.456 e. The highest BCUT2D eigenvalue weighted by Gasteiger charge is 2.19. The van der Waals surface area contributed by atoms with Gasteiger partial charge in [0, 0.05) is 16.3 Å². The number of carbonyl (C=O) groups excluding carboxylic acids is 1. The minimum absolute atomic E-state index is 0.0420. The zero-order valence-electron chi connectivity index (χ0n) is 15.5. The van der Waals surface area contributed by atoms with Crippen molar-refractivity contribution in [3.8, 4) is 11.5 Å². The van der Waals surface area contributed by atoms with Crippen molar-refractivity contribution >= 4 is 44.8 Å². The molecule has 0 unspecified atom stereocenters. The van der Waals surface area contributed by atoms with Gasteiger partial charge in [0.25, 0.3) is 0 Å². The van der Waals surface area contributed by atoms with Gasteiger partial charge in [-0.3, -0.25) is 4.79 Å². The Bertz CT molecular complexity index is 1270. The van der Waals surface area contributed by atoms with E-state index in [-0.39, 0.29) is 22.7 Å². The van der Waals surface area contributed by atoms with Crippen LogP contribution in [0.1, 0.15) is 5.56 Å². The monoisotopic (exact) mass is 486 g/mol. The van der Waals surface area contributed by atoms with Gasteiger partial charge in [-0.1, -0.05) is 29.3 Å². The van der Waals surface area contributed by atoms with Gasteiger partial charge < -0.3 is 10.1 Å². The van der Waals surface area contributed by atoms with Gasteiger partial charge in [-0.05, 0) is 48.5 Å². The van der Waals surface area contributed by atoms with Crippen LogP contribution in [0.4, 0.5) is 14.5 Å². The summed E-state index contributed by atoms with van der Waals surface area (Å²) in [5, 5.41) is 7.53. The fraction of sp³-hybridized carbons (Fsp3) is 0.0500. The molecule has 0 aliphatic carbocycles. The molecule has 3 aromatic carbocycles. The van der Waals surface area contributed by atoms with Gasteiger partial charge in [0.2, 0.25) is 15.9 Å². The molecule has 0 atom stereocenters. The van der Waals surface area contributed by atoms with Crippen LogP contribution in [0.3, 0.4) is 0 Å². The fourth-order valence-corrected chi connectivity index (χ4v) is 3.73. The molecule has 31 heavy (non-hydrogen) atoms. The van der Waals surface area contributed by atoms with Crippen LogP contribution in [0.25, 0.3) is 0 Å². The van der Waals surface area contributed by atoms with Crippen LogP contribution in [-0.2, 0) is 21.2 Å². The summed E-state index contributed by atoms with van der Waals surface area (Å²) in [7, 11) is -4.24. The van der Waals surface area contributed by atoms with E-state index in [0.29, 0.717) is 5.02 Å². The first-order valence-corrected chi connectivity index (χ1v) is 10.9. The molecule has 3 N–H and O–H groups in total. The second kappa shape index (κ2) is 9.19. The molecule has 0 radical (unpaired) electrons. The van der Waals surface area contributed by atoms with Crippen LogP contribution in [0, 0.1) is 11.6 Å². The lowest BCUT2D eigenvalue weighted by molar-refractivity contribution is -0.115. The van der Waals surface area contributed by atoms with E-state index in [1.807, 2.05) is 0 Å². The van der Waals surface area contributed by atoms with E-state index in [4.69, 9.17) is 33.1 Å². The molecular formula is C20H14Cl2F2N2O4S. The standard InChI is InChI=1S/C20H14Cl2F2N2O4S/c21-11-2-1-3-13(8-11)30-17-7-4-12(9-18(17)31(25,28)29)26-19(27)10-14-15(23)5-6-16(24)20(14)22/h1-9H,10H2,(H,26,27)(H2,25,28,29). The number of nitrogens with two attached hydrogens (primary N) is 1. The van der Waals surface area contributed by atoms with E-state index in [2.05, 4.69) is 5.32 Å². The summed E-state index contributed by atoms with van der Waals surface area (Å²) in [6, 6.07) is 11.7. The third-order valence-electron chi connectivity index (χ3n) is 4.03. The van der Waals surface area contributed by atoms with Crippen molar-refractivity contribution in [2.45, 2.75) is 11.3 Å². The van der Waals surface area contributed by atoms with Crippen LogP contribution in [0.2, 0.25) is 10.0 Å². The van der Waals surface area contributed by atoms with Crippen molar-refractivity contribution in [2.75, 3.05) is 5.32 Å². The largest absolute Gasteiger partial charge is 0.456 e. The third kappa shape index (κ3) is 5.71. The molecule has 3 aromatic rings. The molecule has 0 heterocycles. The van der Waals surface area contributed by atoms with Crippen LogP contribution in [0.15, 0.2) is 59.5 Å². The van der Waals surface area contributed by atoms with E-state index in [1.54, 1.807) is 18.2 Å². The SMILES string of the molecule is NS(=O)(=O)c1cc(NC(=O)Cc2c(F)ccc(F)c2Cl)ccc1Oc1cccc(Cl)c1. The Morgan fingerprint density at radius 2 is 1.74 bits per heavy atom.